The molecule has 0 unspecified atom stereocenters. The van der Waals surface area contributed by atoms with Crippen LogP contribution in [0.15, 0.2) is 73.1 Å². The highest BCUT2D eigenvalue weighted by molar-refractivity contribution is 6.05. The van der Waals surface area contributed by atoms with Crippen molar-refractivity contribution in [3.63, 3.8) is 0 Å². The standard InChI is InChI=1S/C25H21N3O2/c1-30-23-15-26-13-11-20(23)21-7-4-6-18-16-28(25(29)24(18)21)14-12-19-10-9-17-5-2-3-8-22(17)27-19/h2-11,13,15H,12,14,16H2,1H3. The highest BCUT2D eigenvalue weighted by Gasteiger charge is 2.30. The minimum absolute atomic E-state index is 0.0558. The number of hydrogen-bond acceptors (Lipinski definition) is 4. The molecular formula is C25H21N3O2. The van der Waals surface area contributed by atoms with Crippen molar-refractivity contribution in [1.29, 1.82) is 0 Å². The van der Waals surface area contributed by atoms with Crippen molar-refractivity contribution in [2.24, 2.45) is 0 Å². The van der Waals surface area contributed by atoms with Crippen LogP contribution >= 0.6 is 0 Å². The molecule has 30 heavy (non-hydrogen) atoms. The van der Waals surface area contributed by atoms with Crippen LogP contribution in [0.2, 0.25) is 0 Å². The summed E-state index contributed by atoms with van der Waals surface area (Å²) in [5.41, 5.74) is 5.56. The van der Waals surface area contributed by atoms with Gasteiger partial charge in [-0.05, 0) is 29.3 Å². The Labute approximate surface area is 175 Å². The second-order valence-electron chi connectivity index (χ2n) is 7.39. The number of amides is 1. The van der Waals surface area contributed by atoms with Crippen molar-refractivity contribution in [1.82, 2.24) is 14.9 Å². The monoisotopic (exact) mass is 395 g/mol. The fourth-order valence-corrected chi connectivity index (χ4v) is 4.09. The Balaban J connectivity index is 1.40. The molecule has 0 saturated carbocycles. The van der Waals surface area contributed by atoms with Crippen molar-refractivity contribution in [3.8, 4) is 16.9 Å². The number of aromatic nitrogens is 2. The van der Waals surface area contributed by atoms with E-state index in [0.717, 1.165) is 45.3 Å². The van der Waals surface area contributed by atoms with Gasteiger partial charge in [-0.1, -0.05) is 42.5 Å². The Kier molecular flexibility index (Phi) is 4.64. The van der Waals surface area contributed by atoms with Crippen LogP contribution in [0.5, 0.6) is 5.75 Å². The molecule has 0 atom stereocenters. The maximum Gasteiger partial charge on any atom is 0.255 e. The smallest absolute Gasteiger partial charge is 0.255 e. The Morgan fingerprint density at radius 2 is 1.90 bits per heavy atom. The SMILES string of the molecule is COc1cnccc1-c1cccc2c1C(=O)N(CCc1ccc3ccccc3n1)C2. The second kappa shape index (κ2) is 7.59. The van der Waals surface area contributed by atoms with Gasteiger partial charge in [0, 0.05) is 42.4 Å². The molecule has 4 aromatic rings. The average molecular weight is 395 g/mol. The molecule has 5 rings (SSSR count). The lowest BCUT2D eigenvalue weighted by Gasteiger charge is -2.16. The Morgan fingerprint density at radius 1 is 1.00 bits per heavy atom. The summed E-state index contributed by atoms with van der Waals surface area (Å²) in [7, 11) is 1.62. The first kappa shape index (κ1) is 18.3. The fraction of sp³-hybridized carbons (Fsp3) is 0.160. The van der Waals surface area contributed by atoms with E-state index >= 15 is 0 Å². The molecule has 2 aromatic carbocycles. The van der Waals surface area contributed by atoms with Gasteiger partial charge in [0.1, 0.15) is 5.75 Å². The topological polar surface area (TPSA) is 55.3 Å². The number of benzene rings is 2. The second-order valence-corrected chi connectivity index (χ2v) is 7.39. The van der Waals surface area contributed by atoms with Gasteiger partial charge in [0.2, 0.25) is 0 Å². The summed E-state index contributed by atoms with van der Waals surface area (Å²) in [6.45, 7) is 1.24. The number of hydrogen-bond donors (Lipinski definition) is 0. The van der Waals surface area contributed by atoms with E-state index in [4.69, 9.17) is 9.72 Å². The highest BCUT2D eigenvalue weighted by Crippen LogP contribution is 2.36. The van der Waals surface area contributed by atoms with Gasteiger partial charge in [0.05, 0.1) is 24.4 Å². The fourth-order valence-electron chi connectivity index (χ4n) is 4.09. The molecule has 0 aliphatic carbocycles. The van der Waals surface area contributed by atoms with Crippen molar-refractivity contribution in [2.75, 3.05) is 13.7 Å². The van der Waals surface area contributed by atoms with E-state index in [2.05, 4.69) is 17.1 Å². The lowest BCUT2D eigenvalue weighted by molar-refractivity contribution is 0.0780. The first-order valence-electron chi connectivity index (χ1n) is 9.99. The molecule has 5 heteroatoms. The summed E-state index contributed by atoms with van der Waals surface area (Å²) in [6.07, 6.45) is 4.12. The first-order valence-corrected chi connectivity index (χ1v) is 9.99. The lowest BCUT2D eigenvalue weighted by Crippen LogP contribution is -2.26. The Hall–Kier alpha value is -3.73. The zero-order valence-corrected chi connectivity index (χ0v) is 16.7. The number of methoxy groups -OCH3 is 1. The Bertz CT molecular complexity index is 1250. The van der Waals surface area contributed by atoms with Crippen LogP contribution < -0.4 is 4.74 Å². The van der Waals surface area contributed by atoms with Gasteiger partial charge in [-0.2, -0.15) is 0 Å². The largest absolute Gasteiger partial charge is 0.494 e. The van der Waals surface area contributed by atoms with Gasteiger partial charge in [-0.3, -0.25) is 14.8 Å². The lowest BCUT2D eigenvalue weighted by atomic mass is 9.97. The molecule has 2 aromatic heterocycles. The van der Waals surface area contributed by atoms with Gasteiger partial charge in [0.15, 0.2) is 0 Å². The van der Waals surface area contributed by atoms with Crippen LogP contribution in [0.1, 0.15) is 21.6 Å². The van der Waals surface area contributed by atoms with Crippen molar-refractivity contribution >= 4 is 16.8 Å². The highest BCUT2D eigenvalue weighted by atomic mass is 16.5. The number of carbonyl (C=O) groups excluding carboxylic acids is 1. The summed E-state index contributed by atoms with van der Waals surface area (Å²) < 4.78 is 5.47. The van der Waals surface area contributed by atoms with E-state index in [1.54, 1.807) is 19.5 Å². The summed E-state index contributed by atoms with van der Waals surface area (Å²) in [5.74, 6) is 0.720. The third kappa shape index (κ3) is 3.18. The van der Waals surface area contributed by atoms with E-state index in [-0.39, 0.29) is 5.91 Å². The van der Waals surface area contributed by atoms with Crippen LogP contribution in [-0.4, -0.2) is 34.4 Å². The van der Waals surface area contributed by atoms with Crippen molar-refractivity contribution in [2.45, 2.75) is 13.0 Å². The summed E-state index contributed by atoms with van der Waals surface area (Å²) in [5, 5.41) is 1.13. The van der Waals surface area contributed by atoms with E-state index in [0.29, 0.717) is 18.8 Å². The first-order chi connectivity index (χ1) is 14.7. The third-order valence-corrected chi connectivity index (χ3v) is 5.60. The number of nitrogens with zero attached hydrogens (tertiary/aromatic N) is 3. The molecule has 148 valence electrons. The molecule has 1 amide bonds. The number of carbonyl (C=O) groups is 1. The molecule has 1 aliphatic heterocycles. The molecule has 0 spiro atoms. The zero-order valence-electron chi connectivity index (χ0n) is 16.7. The van der Waals surface area contributed by atoms with Crippen molar-refractivity contribution < 1.29 is 9.53 Å². The normalized spacial score (nSPS) is 13.0. The van der Waals surface area contributed by atoms with Crippen LogP contribution in [-0.2, 0) is 13.0 Å². The minimum Gasteiger partial charge on any atom is -0.494 e. The Morgan fingerprint density at radius 3 is 2.80 bits per heavy atom. The summed E-state index contributed by atoms with van der Waals surface area (Å²) in [6, 6.07) is 20.1. The molecule has 0 saturated heterocycles. The molecule has 0 bridgehead atoms. The van der Waals surface area contributed by atoms with Crippen LogP contribution in [0.25, 0.3) is 22.0 Å². The van der Waals surface area contributed by atoms with Gasteiger partial charge in [-0.25, -0.2) is 0 Å². The molecule has 0 fully saturated rings. The van der Waals surface area contributed by atoms with Gasteiger partial charge < -0.3 is 9.64 Å². The van der Waals surface area contributed by atoms with Gasteiger partial charge in [-0.15, -0.1) is 0 Å². The predicted octanol–water partition coefficient (Wildman–Crippen LogP) is 4.50. The van der Waals surface area contributed by atoms with E-state index < -0.39 is 0 Å². The van der Waals surface area contributed by atoms with Crippen LogP contribution in [0.3, 0.4) is 0 Å². The molecular weight excluding hydrogens is 374 g/mol. The minimum atomic E-state index is 0.0558. The number of para-hydroxylation sites is 1. The number of fused-ring (bicyclic) bond motifs is 2. The molecule has 0 radical (unpaired) electrons. The van der Waals surface area contributed by atoms with Crippen LogP contribution in [0.4, 0.5) is 0 Å². The number of ether oxygens (including phenoxy) is 1. The summed E-state index contributed by atoms with van der Waals surface area (Å²) in [4.78, 5) is 24.0. The average Bonchev–Trinajstić information content (AvgIpc) is 3.13. The molecule has 5 nitrogen and oxygen atoms in total. The zero-order chi connectivity index (χ0) is 20.5. The van der Waals surface area contributed by atoms with E-state index in [1.807, 2.05) is 53.4 Å². The molecule has 3 heterocycles. The summed E-state index contributed by atoms with van der Waals surface area (Å²) >= 11 is 0. The van der Waals surface area contributed by atoms with E-state index in [9.17, 15) is 4.79 Å². The number of rotatable bonds is 5. The van der Waals surface area contributed by atoms with Gasteiger partial charge in [0.25, 0.3) is 5.91 Å². The van der Waals surface area contributed by atoms with Gasteiger partial charge >= 0.3 is 0 Å². The third-order valence-electron chi connectivity index (χ3n) is 5.60. The predicted molar refractivity (Wildman–Crippen MR) is 116 cm³/mol. The number of pyridine rings is 2. The molecule has 1 aliphatic rings. The van der Waals surface area contributed by atoms with Crippen molar-refractivity contribution in [3.05, 3.63) is 89.9 Å². The maximum absolute atomic E-state index is 13.3. The van der Waals surface area contributed by atoms with Crippen LogP contribution in [0, 0.1) is 0 Å². The van der Waals surface area contributed by atoms with E-state index in [1.165, 1.54) is 0 Å². The quantitative estimate of drug-likeness (QED) is 0.499. The molecule has 0 N–H and O–H groups in total. The maximum atomic E-state index is 13.3.